The van der Waals surface area contributed by atoms with E-state index < -0.39 is 0 Å². The molecule has 0 atom stereocenters. The molecule has 4 nitrogen and oxygen atoms in total. The minimum absolute atomic E-state index is 0.810. The van der Waals surface area contributed by atoms with E-state index in [9.17, 15) is 0 Å². The van der Waals surface area contributed by atoms with Crippen LogP contribution in [0.2, 0.25) is 0 Å². The summed E-state index contributed by atoms with van der Waals surface area (Å²) in [6.45, 7) is 1.95. The topological polar surface area (TPSA) is 40.2 Å². The lowest BCUT2D eigenvalue weighted by Crippen LogP contribution is -1.96. The average molecular weight is 304 g/mol. The Hall–Kier alpha value is -3.01. The van der Waals surface area contributed by atoms with Crippen molar-refractivity contribution in [3.8, 4) is 22.7 Å². The van der Waals surface area contributed by atoms with Crippen LogP contribution in [0.3, 0.4) is 0 Å². The van der Waals surface area contributed by atoms with Gasteiger partial charge in [0.05, 0.1) is 12.8 Å². The van der Waals surface area contributed by atoms with Crippen LogP contribution in [0.1, 0.15) is 5.76 Å². The zero-order chi connectivity index (χ0) is 15.8. The van der Waals surface area contributed by atoms with E-state index in [0.717, 1.165) is 39.6 Å². The summed E-state index contributed by atoms with van der Waals surface area (Å²) in [6, 6.07) is 19.9. The predicted molar refractivity (Wildman–Crippen MR) is 90.1 cm³/mol. The van der Waals surface area contributed by atoms with Gasteiger partial charge in [0.1, 0.15) is 22.7 Å². The Bertz CT molecular complexity index is 950. The summed E-state index contributed by atoms with van der Waals surface area (Å²) in [7, 11) is 1.66. The van der Waals surface area contributed by atoms with E-state index in [0.29, 0.717) is 0 Å². The second kappa shape index (κ2) is 5.32. The molecule has 0 saturated heterocycles. The summed E-state index contributed by atoms with van der Waals surface area (Å²) >= 11 is 0. The predicted octanol–water partition coefficient (Wildman–Crippen LogP) is 4.60. The third-order valence-electron chi connectivity index (χ3n) is 3.84. The van der Waals surface area contributed by atoms with Gasteiger partial charge in [-0.25, -0.2) is 4.68 Å². The SMILES string of the molecule is COc1ccc(-n2nc(-c3ccccc3)c3oc(C)cc32)cc1. The van der Waals surface area contributed by atoms with E-state index in [-0.39, 0.29) is 0 Å². The third kappa shape index (κ3) is 2.28. The number of hydrogen-bond acceptors (Lipinski definition) is 3. The summed E-state index contributed by atoms with van der Waals surface area (Å²) in [6.07, 6.45) is 0. The van der Waals surface area contributed by atoms with Crippen LogP contribution >= 0.6 is 0 Å². The van der Waals surface area contributed by atoms with E-state index in [2.05, 4.69) is 0 Å². The molecule has 2 heterocycles. The lowest BCUT2D eigenvalue weighted by molar-refractivity contribution is 0.414. The average Bonchev–Trinajstić information content (AvgIpc) is 3.13. The third-order valence-corrected chi connectivity index (χ3v) is 3.84. The molecule has 0 unspecified atom stereocenters. The zero-order valence-corrected chi connectivity index (χ0v) is 13.0. The molecule has 0 spiro atoms. The van der Waals surface area contributed by atoms with Crippen LogP contribution in [0.15, 0.2) is 65.1 Å². The molecular weight excluding hydrogens is 288 g/mol. The van der Waals surface area contributed by atoms with Gasteiger partial charge in [-0.05, 0) is 31.2 Å². The number of rotatable bonds is 3. The van der Waals surface area contributed by atoms with Gasteiger partial charge in [-0.1, -0.05) is 30.3 Å². The first kappa shape index (κ1) is 13.6. The Kier molecular flexibility index (Phi) is 3.15. The molecule has 2 aromatic carbocycles. The van der Waals surface area contributed by atoms with Crippen LogP contribution in [0.25, 0.3) is 28.0 Å². The number of nitrogens with zero attached hydrogens (tertiary/aromatic N) is 2. The smallest absolute Gasteiger partial charge is 0.180 e. The van der Waals surface area contributed by atoms with Crippen molar-refractivity contribution in [2.24, 2.45) is 0 Å². The number of furan rings is 1. The number of ether oxygens (including phenoxy) is 1. The highest BCUT2D eigenvalue weighted by molar-refractivity contribution is 5.90. The van der Waals surface area contributed by atoms with Crippen LogP contribution in [0, 0.1) is 6.92 Å². The first-order chi connectivity index (χ1) is 11.3. The lowest BCUT2D eigenvalue weighted by Gasteiger charge is -2.04. The minimum atomic E-state index is 0.810. The summed E-state index contributed by atoms with van der Waals surface area (Å²) in [5.41, 5.74) is 4.64. The Labute approximate surface area is 133 Å². The number of benzene rings is 2. The van der Waals surface area contributed by atoms with Gasteiger partial charge in [-0.2, -0.15) is 5.10 Å². The monoisotopic (exact) mass is 304 g/mol. The normalized spacial score (nSPS) is 11.0. The van der Waals surface area contributed by atoms with Crippen LogP contribution in [-0.2, 0) is 0 Å². The molecule has 23 heavy (non-hydrogen) atoms. The molecule has 4 rings (SSSR count). The Balaban J connectivity index is 1.93. The first-order valence-electron chi connectivity index (χ1n) is 7.45. The maximum Gasteiger partial charge on any atom is 0.180 e. The molecule has 0 radical (unpaired) electrons. The molecule has 0 amide bonds. The van der Waals surface area contributed by atoms with Crippen LogP contribution in [-0.4, -0.2) is 16.9 Å². The Morgan fingerprint density at radius 2 is 1.74 bits per heavy atom. The fourth-order valence-corrected chi connectivity index (χ4v) is 2.73. The summed E-state index contributed by atoms with van der Waals surface area (Å²) in [4.78, 5) is 0. The van der Waals surface area contributed by atoms with Crippen molar-refractivity contribution in [2.75, 3.05) is 7.11 Å². The molecule has 4 aromatic rings. The Morgan fingerprint density at radius 3 is 2.43 bits per heavy atom. The maximum atomic E-state index is 5.89. The molecule has 0 fully saturated rings. The van der Waals surface area contributed by atoms with Crippen molar-refractivity contribution in [1.82, 2.24) is 9.78 Å². The molecule has 0 N–H and O–H groups in total. The van der Waals surface area contributed by atoms with Crippen LogP contribution in [0.4, 0.5) is 0 Å². The number of methoxy groups -OCH3 is 1. The van der Waals surface area contributed by atoms with Gasteiger partial charge in [-0.15, -0.1) is 0 Å². The van der Waals surface area contributed by atoms with Crippen molar-refractivity contribution >= 4 is 11.1 Å². The highest BCUT2D eigenvalue weighted by Gasteiger charge is 2.17. The molecule has 0 aliphatic rings. The molecule has 4 heteroatoms. The van der Waals surface area contributed by atoms with Gasteiger partial charge < -0.3 is 9.15 Å². The molecule has 0 aliphatic carbocycles. The second-order valence-corrected chi connectivity index (χ2v) is 5.40. The highest BCUT2D eigenvalue weighted by atomic mass is 16.5. The minimum Gasteiger partial charge on any atom is -0.497 e. The second-order valence-electron chi connectivity index (χ2n) is 5.40. The van der Waals surface area contributed by atoms with Gasteiger partial charge in [0.25, 0.3) is 0 Å². The quantitative estimate of drug-likeness (QED) is 0.555. The number of aryl methyl sites for hydroxylation is 1. The van der Waals surface area contributed by atoms with Gasteiger partial charge in [-0.3, -0.25) is 0 Å². The van der Waals surface area contributed by atoms with Crippen molar-refractivity contribution < 1.29 is 9.15 Å². The summed E-state index contributed by atoms with van der Waals surface area (Å²) in [5, 5.41) is 4.77. The largest absolute Gasteiger partial charge is 0.497 e. The molecule has 0 saturated carbocycles. The summed E-state index contributed by atoms with van der Waals surface area (Å²) < 4.78 is 13.0. The van der Waals surface area contributed by atoms with Crippen molar-refractivity contribution in [3.63, 3.8) is 0 Å². The van der Waals surface area contributed by atoms with Crippen molar-refractivity contribution in [1.29, 1.82) is 0 Å². The van der Waals surface area contributed by atoms with E-state index in [4.69, 9.17) is 14.3 Å². The van der Waals surface area contributed by atoms with Crippen LogP contribution < -0.4 is 4.74 Å². The van der Waals surface area contributed by atoms with E-state index in [1.54, 1.807) is 7.11 Å². The number of fused-ring (bicyclic) bond motifs is 1. The maximum absolute atomic E-state index is 5.89. The van der Waals surface area contributed by atoms with Gasteiger partial charge >= 0.3 is 0 Å². The Morgan fingerprint density at radius 1 is 1.00 bits per heavy atom. The number of aromatic nitrogens is 2. The molecule has 114 valence electrons. The van der Waals surface area contributed by atoms with E-state index in [1.165, 1.54) is 0 Å². The van der Waals surface area contributed by atoms with E-state index in [1.807, 2.05) is 72.3 Å². The fourth-order valence-electron chi connectivity index (χ4n) is 2.73. The van der Waals surface area contributed by atoms with Crippen LogP contribution in [0.5, 0.6) is 5.75 Å². The fraction of sp³-hybridized carbons (Fsp3) is 0.105. The van der Waals surface area contributed by atoms with Gasteiger partial charge in [0, 0.05) is 11.6 Å². The highest BCUT2D eigenvalue weighted by Crippen LogP contribution is 2.32. The molecule has 2 aromatic heterocycles. The zero-order valence-electron chi connectivity index (χ0n) is 13.0. The van der Waals surface area contributed by atoms with Gasteiger partial charge in [0.2, 0.25) is 0 Å². The number of hydrogen-bond donors (Lipinski definition) is 0. The molecule has 0 aliphatic heterocycles. The summed E-state index contributed by atoms with van der Waals surface area (Å²) in [5.74, 6) is 1.70. The first-order valence-corrected chi connectivity index (χ1v) is 7.45. The van der Waals surface area contributed by atoms with Crippen molar-refractivity contribution in [2.45, 2.75) is 6.92 Å². The van der Waals surface area contributed by atoms with E-state index >= 15 is 0 Å². The molecular formula is C19H16N2O2. The van der Waals surface area contributed by atoms with Crippen molar-refractivity contribution in [3.05, 3.63) is 66.4 Å². The standard InChI is InChI=1S/C19H16N2O2/c1-13-12-17-19(23-13)18(14-6-4-3-5-7-14)20-21(17)15-8-10-16(22-2)11-9-15/h3-12H,1-2H3. The lowest BCUT2D eigenvalue weighted by atomic mass is 10.1. The van der Waals surface area contributed by atoms with Gasteiger partial charge in [0.15, 0.2) is 5.58 Å². The molecule has 0 bridgehead atoms.